The molecule has 64 heavy (non-hydrogen) atoms. The molecule has 0 unspecified atom stereocenters. The lowest BCUT2D eigenvalue weighted by Crippen LogP contribution is -2.58. The number of aliphatic carboxylic acids is 4. The van der Waals surface area contributed by atoms with Crippen LogP contribution < -0.4 is 26.6 Å². The number of nitrogens with one attached hydrogen (secondary N) is 5. The van der Waals surface area contributed by atoms with Crippen LogP contribution in [-0.2, 0) is 57.6 Å². The summed E-state index contributed by atoms with van der Waals surface area (Å²) in [6.07, 6.45) is -3.06. The molecule has 1 aromatic carbocycles. The fourth-order valence-electron chi connectivity index (χ4n) is 6.95. The second kappa shape index (κ2) is 25.2. The number of benzene rings is 1. The van der Waals surface area contributed by atoms with Crippen molar-refractivity contribution in [2.75, 3.05) is 6.54 Å². The van der Waals surface area contributed by atoms with Gasteiger partial charge in [-0.05, 0) is 83.3 Å². The van der Waals surface area contributed by atoms with E-state index in [1.165, 1.54) is 0 Å². The number of hydrogen-bond donors (Lipinski definition) is 9. The van der Waals surface area contributed by atoms with Crippen molar-refractivity contribution in [2.24, 2.45) is 11.8 Å². The highest BCUT2D eigenvalue weighted by molar-refractivity contribution is 6.02. The molecule has 23 nitrogen and oxygen atoms in total. The average molecular weight is 903 g/mol. The first-order valence-corrected chi connectivity index (χ1v) is 20.8. The van der Waals surface area contributed by atoms with Crippen molar-refractivity contribution >= 4 is 71.2 Å². The lowest BCUT2D eigenvalue weighted by molar-refractivity contribution is -0.201. The van der Waals surface area contributed by atoms with Gasteiger partial charge in [0.25, 0.3) is 17.7 Å². The SMILES string of the molecule is Cc1cccc(C(=O)NCCCC[C@@H](NC(=O)[C@@H](CCC(=O)O)NC(=O)[C@@H](CCC(=O)O)NC(=O)[C@@H](CCC(=O)O)NC(=O)C2CCC(C(=O)ON3C(=O)CCC3=O)CC2)C(=O)O)c1. The zero-order chi connectivity index (χ0) is 47.5. The molecule has 1 saturated carbocycles. The number of amides is 7. The van der Waals surface area contributed by atoms with E-state index in [1.807, 2.05) is 13.0 Å². The van der Waals surface area contributed by atoms with Crippen LogP contribution in [0.15, 0.2) is 24.3 Å². The molecule has 1 aromatic rings. The third kappa shape index (κ3) is 17.1. The predicted molar refractivity (Wildman–Crippen MR) is 216 cm³/mol. The van der Waals surface area contributed by atoms with Crippen LogP contribution in [-0.4, -0.2) is 127 Å². The molecule has 2 fully saturated rings. The zero-order valence-corrected chi connectivity index (χ0v) is 35.1. The van der Waals surface area contributed by atoms with E-state index in [-0.39, 0.29) is 63.8 Å². The van der Waals surface area contributed by atoms with Crippen LogP contribution >= 0.6 is 0 Å². The van der Waals surface area contributed by atoms with E-state index in [4.69, 9.17) is 4.84 Å². The third-order valence-corrected chi connectivity index (χ3v) is 10.6. The summed E-state index contributed by atoms with van der Waals surface area (Å²) < 4.78 is 0. The minimum Gasteiger partial charge on any atom is -0.481 e. The van der Waals surface area contributed by atoms with Crippen molar-refractivity contribution in [2.45, 2.75) is 127 Å². The standard InChI is InChI=1S/C41H54N6O17/c1-22-5-4-6-25(21-22)35(56)42-20-3-2-7-29(40(61)62)46-39(60)28(14-19-34(54)55)45-38(59)27(13-18-33(52)53)44-37(58)26(12-17-32(50)51)43-36(57)23-8-10-24(11-9-23)41(63)64-47-30(48)15-16-31(47)49/h4-6,21,23-24,26-29H,2-3,7-20H2,1H3,(H,42,56)(H,43,57)(H,44,58)(H,45,59)(H,46,60)(H,50,51)(H,52,53)(H,54,55)(H,61,62)/t23?,24?,26-,27-,28-,29-/m1/s1. The highest BCUT2D eigenvalue weighted by Crippen LogP contribution is 2.31. The molecule has 0 spiro atoms. The van der Waals surface area contributed by atoms with Crippen molar-refractivity contribution in [3.05, 3.63) is 35.4 Å². The first-order chi connectivity index (χ1) is 30.2. The largest absolute Gasteiger partial charge is 0.481 e. The van der Waals surface area contributed by atoms with E-state index in [1.54, 1.807) is 18.2 Å². The summed E-state index contributed by atoms with van der Waals surface area (Å²) in [5.41, 5.74) is 1.32. The molecule has 1 aliphatic heterocycles. The Balaban J connectivity index is 1.65. The third-order valence-electron chi connectivity index (χ3n) is 10.6. The maximum Gasteiger partial charge on any atom is 0.336 e. The predicted octanol–water partition coefficient (Wildman–Crippen LogP) is -0.0731. The Morgan fingerprint density at radius 3 is 1.58 bits per heavy atom. The van der Waals surface area contributed by atoms with E-state index in [0.717, 1.165) is 5.56 Å². The number of aryl methyl sites for hydroxylation is 1. The molecule has 23 heteroatoms. The molecule has 1 saturated heterocycles. The maximum absolute atomic E-state index is 13.6. The number of hydrogen-bond acceptors (Lipinski definition) is 13. The summed E-state index contributed by atoms with van der Waals surface area (Å²) in [6.45, 7) is 2.01. The maximum atomic E-state index is 13.6. The van der Waals surface area contributed by atoms with Crippen LogP contribution in [0.1, 0.15) is 112 Å². The Labute approximate surface area is 366 Å². The van der Waals surface area contributed by atoms with Crippen molar-refractivity contribution in [1.29, 1.82) is 0 Å². The van der Waals surface area contributed by atoms with Crippen LogP contribution in [0, 0.1) is 18.8 Å². The van der Waals surface area contributed by atoms with Crippen LogP contribution in [0.2, 0.25) is 0 Å². The Morgan fingerprint density at radius 1 is 0.641 bits per heavy atom. The number of carboxylic acid groups (broad SMARTS) is 4. The van der Waals surface area contributed by atoms with Gasteiger partial charge in [0.1, 0.15) is 24.2 Å². The average Bonchev–Trinajstić information content (AvgIpc) is 3.56. The minimum absolute atomic E-state index is 0.0952. The number of imide groups is 1. The molecule has 1 heterocycles. The number of nitrogens with zero attached hydrogens (tertiary/aromatic N) is 1. The molecule has 350 valence electrons. The molecule has 1 aliphatic carbocycles. The molecule has 0 bridgehead atoms. The topological polar surface area (TPSA) is 358 Å². The molecule has 4 atom stereocenters. The van der Waals surface area contributed by atoms with E-state index >= 15 is 0 Å². The quantitative estimate of drug-likeness (QED) is 0.0434. The van der Waals surface area contributed by atoms with Crippen LogP contribution in [0.3, 0.4) is 0 Å². The van der Waals surface area contributed by atoms with Gasteiger partial charge in [0.05, 0.1) is 5.92 Å². The van der Waals surface area contributed by atoms with Crippen LogP contribution in [0.4, 0.5) is 0 Å². The molecule has 7 amide bonds. The second-order valence-corrected chi connectivity index (χ2v) is 15.5. The lowest BCUT2D eigenvalue weighted by Gasteiger charge is -2.29. The monoisotopic (exact) mass is 902 g/mol. The van der Waals surface area contributed by atoms with Gasteiger partial charge >= 0.3 is 29.8 Å². The van der Waals surface area contributed by atoms with E-state index < -0.39 is 140 Å². The smallest absolute Gasteiger partial charge is 0.336 e. The van der Waals surface area contributed by atoms with Crippen molar-refractivity contribution in [3.8, 4) is 0 Å². The molecular weight excluding hydrogens is 848 g/mol. The van der Waals surface area contributed by atoms with E-state index in [9.17, 15) is 78.0 Å². The zero-order valence-electron chi connectivity index (χ0n) is 35.1. The van der Waals surface area contributed by atoms with Gasteiger partial charge in [0.2, 0.25) is 23.6 Å². The second-order valence-electron chi connectivity index (χ2n) is 15.5. The van der Waals surface area contributed by atoms with E-state index in [2.05, 4.69) is 26.6 Å². The summed E-state index contributed by atoms with van der Waals surface area (Å²) >= 11 is 0. The van der Waals surface area contributed by atoms with Gasteiger partial charge in [-0.25, -0.2) is 9.59 Å². The number of unbranched alkanes of at least 4 members (excludes halogenated alkanes) is 1. The number of carbonyl (C=O) groups is 12. The van der Waals surface area contributed by atoms with Gasteiger partial charge in [0, 0.05) is 50.1 Å². The highest BCUT2D eigenvalue weighted by atomic mass is 16.7. The molecule has 2 aliphatic rings. The van der Waals surface area contributed by atoms with Crippen LogP contribution in [0.25, 0.3) is 0 Å². The summed E-state index contributed by atoms with van der Waals surface area (Å²) in [5.74, 6) is -13.7. The molecular formula is C41H54N6O17. The fraction of sp³-hybridized carbons (Fsp3) is 0.561. The van der Waals surface area contributed by atoms with Gasteiger partial charge < -0.3 is 51.8 Å². The summed E-state index contributed by atoms with van der Waals surface area (Å²) in [4.78, 5) is 154. The first-order valence-electron chi connectivity index (χ1n) is 20.8. The Kier molecular flexibility index (Phi) is 20.3. The van der Waals surface area contributed by atoms with Crippen molar-refractivity contribution < 1.29 is 82.8 Å². The van der Waals surface area contributed by atoms with Crippen molar-refractivity contribution in [1.82, 2.24) is 31.6 Å². The lowest BCUT2D eigenvalue weighted by atomic mass is 9.81. The first kappa shape index (κ1) is 51.4. The van der Waals surface area contributed by atoms with Crippen molar-refractivity contribution in [3.63, 3.8) is 0 Å². The van der Waals surface area contributed by atoms with Gasteiger partial charge in [0.15, 0.2) is 0 Å². The minimum atomic E-state index is -1.74. The van der Waals surface area contributed by atoms with Gasteiger partial charge in [-0.3, -0.25) is 47.9 Å². The normalized spacial score (nSPS) is 17.7. The van der Waals surface area contributed by atoms with E-state index in [0.29, 0.717) is 17.0 Å². The fourth-order valence-corrected chi connectivity index (χ4v) is 6.95. The summed E-state index contributed by atoms with van der Waals surface area (Å²) in [5, 5.41) is 50.2. The number of carboxylic acids is 4. The van der Waals surface area contributed by atoms with Crippen LogP contribution in [0.5, 0.6) is 0 Å². The molecule has 3 rings (SSSR count). The Hall–Kier alpha value is -6.94. The van der Waals surface area contributed by atoms with Gasteiger partial charge in [-0.1, -0.05) is 17.7 Å². The summed E-state index contributed by atoms with van der Waals surface area (Å²) in [7, 11) is 0. The molecule has 9 N–H and O–H groups in total. The number of hydroxylamine groups is 2. The number of rotatable bonds is 26. The Morgan fingerprint density at radius 2 is 1.11 bits per heavy atom. The summed E-state index contributed by atoms with van der Waals surface area (Å²) in [6, 6.07) is 0.332. The molecule has 0 aromatic heterocycles. The molecule has 0 radical (unpaired) electrons. The van der Waals surface area contributed by atoms with Gasteiger partial charge in [-0.15, -0.1) is 5.06 Å². The van der Waals surface area contributed by atoms with Gasteiger partial charge in [-0.2, -0.15) is 0 Å². The number of carbonyl (C=O) groups excluding carboxylic acids is 8. The highest BCUT2D eigenvalue weighted by Gasteiger charge is 2.38. The Bertz CT molecular complexity index is 1930.